The van der Waals surface area contributed by atoms with Gasteiger partial charge < -0.3 is 10.1 Å². The molecule has 1 aliphatic heterocycles. The lowest BCUT2D eigenvalue weighted by molar-refractivity contribution is 0.0940. The molecule has 3 heterocycles. The fourth-order valence-electron chi connectivity index (χ4n) is 3.95. The summed E-state index contributed by atoms with van der Waals surface area (Å²) in [5.74, 6) is 0.267. The molecule has 2 aromatic heterocycles. The molecule has 1 fully saturated rings. The second-order valence-electron chi connectivity index (χ2n) is 7.26. The number of thiophene rings is 1. The largest absolute Gasteiger partial charge is 0.383 e. The summed E-state index contributed by atoms with van der Waals surface area (Å²) in [6.45, 7) is 3.72. The summed E-state index contributed by atoms with van der Waals surface area (Å²) in [4.78, 5) is 21.5. The number of nitrogens with one attached hydrogen (secondary N) is 1. The third-order valence-corrected chi connectivity index (χ3v) is 6.83. The highest BCUT2D eigenvalue weighted by atomic mass is 35.5. The highest BCUT2D eigenvalue weighted by Gasteiger charge is 2.31. The van der Waals surface area contributed by atoms with Gasteiger partial charge in [-0.25, -0.2) is 4.98 Å². The van der Waals surface area contributed by atoms with E-state index in [1.807, 2.05) is 24.3 Å². The fourth-order valence-corrected chi connectivity index (χ4v) is 5.29. The summed E-state index contributed by atoms with van der Waals surface area (Å²) >= 11 is 7.83. The number of hydrogen-bond acceptors (Lipinski definition) is 5. The molecule has 5 nitrogen and oxygen atoms in total. The van der Waals surface area contributed by atoms with Crippen LogP contribution in [0.4, 0.5) is 0 Å². The number of rotatable bonds is 7. The average Bonchev–Trinajstić information content (AvgIpc) is 3.34. The number of aromatic nitrogens is 1. The Morgan fingerprint density at radius 2 is 2.21 bits per heavy atom. The lowest BCUT2D eigenvalue weighted by Gasteiger charge is -2.17. The molecule has 1 N–H and O–H groups in total. The van der Waals surface area contributed by atoms with Gasteiger partial charge in [-0.2, -0.15) is 0 Å². The normalized spacial score (nSPS) is 17.1. The van der Waals surface area contributed by atoms with Gasteiger partial charge in [0, 0.05) is 49.3 Å². The number of nitrogens with zero attached hydrogens (tertiary/aromatic N) is 2. The van der Waals surface area contributed by atoms with E-state index < -0.39 is 0 Å². The van der Waals surface area contributed by atoms with E-state index in [1.54, 1.807) is 13.3 Å². The van der Waals surface area contributed by atoms with E-state index in [0.29, 0.717) is 19.1 Å². The molecule has 1 atom stereocenters. The lowest BCUT2D eigenvalue weighted by atomic mass is 9.95. The first-order valence-electron chi connectivity index (χ1n) is 9.77. The van der Waals surface area contributed by atoms with E-state index in [4.69, 9.17) is 16.3 Å². The number of pyridine rings is 1. The summed E-state index contributed by atoms with van der Waals surface area (Å²) in [6.07, 6.45) is 2.80. The summed E-state index contributed by atoms with van der Waals surface area (Å²) < 4.78 is 5.06. The van der Waals surface area contributed by atoms with Gasteiger partial charge in [0.05, 0.1) is 11.5 Å². The zero-order valence-corrected chi connectivity index (χ0v) is 17.9. The SMILES string of the molecule is COCCNC(=O)c1sc2ncccc2c1C1CCN(Cc2ccccc2Cl)C1. The first kappa shape index (κ1) is 20.3. The van der Waals surface area contributed by atoms with E-state index in [9.17, 15) is 4.79 Å². The highest BCUT2D eigenvalue weighted by molar-refractivity contribution is 7.20. The Morgan fingerprint density at radius 3 is 3.03 bits per heavy atom. The number of methoxy groups -OCH3 is 1. The molecule has 29 heavy (non-hydrogen) atoms. The van der Waals surface area contributed by atoms with Crippen molar-refractivity contribution >= 4 is 39.1 Å². The third-order valence-electron chi connectivity index (χ3n) is 5.34. The third kappa shape index (κ3) is 4.46. The quantitative estimate of drug-likeness (QED) is 0.568. The van der Waals surface area contributed by atoms with E-state index in [2.05, 4.69) is 27.3 Å². The van der Waals surface area contributed by atoms with Gasteiger partial charge in [0.25, 0.3) is 5.91 Å². The van der Waals surface area contributed by atoms with E-state index in [1.165, 1.54) is 11.3 Å². The number of hydrogen-bond donors (Lipinski definition) is 1. The van der Waals surface area contributed by atoms with Crippen LogP contribution in [0, 0.1) is 0 Å². The number of ether oxygens (including phenoxy) is 1. The molecule has 1 amide bonds. The molecule has 1 aliphatic rings. The van der Waals surface area contributed by atoms with Crippen LogP contribution in [0.1, 0.15) is 33.1 Å². The van der Waals surface area contributed by atoms with Gasteiger partial charge in [-0.3, -0.25) is 9.69 Å². The molecule has 152 valence electrons. The molecule has 1 saturated heterocycles. The molecule has 0 aliphatic carbocycles. The van der Waals surface area contributed by atoms with E-state index in [-0.39, 0.29) is 5.91 Å². The molecule has 0 saturated carbocycles. The van der Waals surface area contributed by atoms with Gasteiger partial charge >= 0.3 is 0 Å². The van der Waals surface area contributed by atoms with Crippen LogP contribution < -0.4 is 5.32 Å². The van der Waals surface area contributed by atoms with Crippen LogP contribution in [0.5, 0.6) is 0 Å². The summed E-state index contributed by atoms with van der Waals surface area (Å²) in [6, 6.07) is 12.0. The van der Waals surface area contributed by atoms with Crippen LogP contribution in [0.15, 0.2) is 42.6 Å². The van der Waals surface area contributed by atoms with Crippen LogP contribution in [0.3, 0.4) is 0 Å². The maximum Gasteiger partial charge on any atom is 0.261 e. The van der Waals surface area contributed by atoms with Gasteiger partial charge in [0.15, 0.2) is 0 Å². The molecule has 0 bridgehead atoms. The number of fused-ring (bicyclic) bond motifs is 1. The number of carbonyl (C=O) groups excluding carboxylic acids is 1. The van der Waals surface area contributed by atoms with Crippen molar-refractivity contribution < 1.29 is 9.53 Å². The maximum atomic E-state index is 12.9. The highest BCUT2D eigenvalue weighted by Crippen LogP contribution is 2.39. The van der Waals surface area contributed by atoms with Crippen LogP contribution in [0.25, 0.3) is 10.2 Å². The Kier molecular flexibility index (Phi) is 6.45. The predicted octanol–water partition coefficient (Wildman–Crippen LogP) is 4.32. The van der Waals surface area contributed by atoms with Gasteiger partial charge in [0.1, 0.15) is 4.83 Å². The minimum atomic E-state index is -0.0374. The molecular formula is C22H24ClN3O2S. The number of likely N-dealkylation sites (tertiary alicyclic amines) is 1. The van der Waals surface area contributed by atoms with Crippen molar-refractivity contribution in [2.45, 2.75) is 18.9 Å². The van der Waals surface area contributed by atoms with Crippen LogP contribution in [-0.2, 0) is 11.3 Å². The fraction of sp³-hybridized carbons (Fsp3) is 0.364. The first-order chi connectivity index (χ1) is 14.2. The van der Waals surface area contributed by atoms with Gasteiger partial charge in [0.2, 0.25) is 0 Å². The first-order valence-corrected chi connectivity index (χ1v) is 11.0. The van der Waals surface area contributed by atoms with Gasteiger partial charge in [-0.15, -0.1) is 11.3 Å². The number of benzene rings is 1. The molecule has 1 aromatic carbocycles. The van der Waals surface area contributed by atoms with E-state index >= 15 is 0 Å². The second kappa shape index (κ2) is 9.22. The summed E-state index contributed by atoms with van der Waals surface area (Å²) in [7, 11) is 1.63. The van der Waals surface area contributed by atoms with Crippen LogP contribution >= 0.6 is 22.9 Å². The Hall–Kier alpha value is -1.99. The zero-order chi connectivity index (χ0) is 20.2. The van der Waals surface area contributed by atoms with Gasteiger partial charge in [-0.1, -0.05) is 35.9 Å². The Labute approximate surface area is 179 Å². The Balaban J connectivity index is 1.57. The molecule has 0 spiro atoms. The maximum absolute atomic E-state index is 12.9. The van der Waals surface area contributed by atoms with Crippen molar-refractivity contribution in [1.82, 2.24) is 15.2 Å². The van der Waals surface area contributed by atoms with Crippen molar-refractivity contribution in [1.29, 1.82) is 0 Å². The van der Waals surface area contributed by atoms with Crippen molar-refractivity contribution in [3.05, 3.63) is 63.6 Å². The van der Waals surface area contributed by atoms with Gasteiger partial charge in [-0.05, 0) is 36.2 Å². The molecule has 3 aromatic rings. The van der Waals surface area contributed by atoms with Crippen molar-refractivity contribution in [3.8, 4) is 0 Å². The average molecular weight is 430 g/mol. The summed E-state index contributed by atoms with van der Waals surface area (Å²) in [5.41, 5.74) is 2.28. The van der Waals surface area contributed by atoms with Crippen LogP contribution in [-0.4, -0.2) is 49.1 Å². The minimum absolute atomic E-state index is 0.0374. The smallest absolute Gasteiger partial charge is 0.261 e. The zero-order valence-electron chi connectivity index (χ0n) is 16.4. The molecule has 7 heteroatoms. The minimum Gasteiger partial charge on any atom is -0.383 e. The van der Waals surface area contributed by atoms with Crippen LogP contribution in [0.2, 0.25) is 5.02 Å². The van der Waals surface area contributed by atoms with Crippen molar-refractivity contribution in [3.63, 3.8) is 0 Å². The standard InChI is InChI=1S/C22H24ClN3O2S/c1-28-12-10-24-21(27)20-19(17-6-4-9-25-22(17)29-20)16-8-11-26(14-16)13-15-5-2-3-7-18(15)23/h2-7,9,16H,8,10-14H2,1H3,(H,24,27). The Morgan fingerprint density at radius 1 is 1.34 bits per heavy atom. The molecular weight excluding hydrogens is 406 g/mol. The summed E-state index contributed by atoms with van der Waals surface area (Å²) in [5, 5.41) is 4.87. The molecule has 0 radical (unpaired) electrons. The van der Waals surface area contributed by atoms with Crippen molar-refractivity contribution in [2.75, 3.05) is 33.4 Å². The number of halogens is 1. The predicted molar refractivity (Wildman–Crippen MR) is 118 cm³/mol. The van der Waals surface area contributed by atoms with E-state index in [0.717, 1.165) is 57.3 Å². The lowest BCUT2D eigenvalue weighted by Crippen LogP contribution is -2.27. The molecule has 4 rings (SSSR count). The topological polar surface area (TPSA) is 54.5 Å². The molecule has 1 unspecified atom stereocenters. The monoisotopic (exact) mass is 429 g/mol. The van der Waals surface area contributed by atoms with Crippen molar-refractivity contribution in [2.24, 2.45) is 0 Å². The second-order valence-corrected chi connectivity index (χ2v) is 8.67. The number of amides is 1. The Bertz CT molecular complexity index is 1010. The number of carbonyl (C=O) groups is 1.